The summed E-state index contributed by atoms with van der Waals surface area (Å²) in [5.74, 6) is -1.07. The quantitative estimate of drug-likeness (QED) is 0.719. The lowest BCUT2D eigenvalue weighted by molar-refractivity contribution is -0.123. The van der Waals surface area contributed by atoms with E-state index in [4.69, 9.17) is 10.00 Å². The maximum Gasteiger partial charge on any atom is 0.339 e. The molecule has 0 bridgehead atoms. The van der Waals surface area contributed by atoms with E-state index in [-0.39, 0.29) is 0 Å². The number of ether oxygens (including phenoxy) is 1. The third-order valence-electron chi connectivity index (χ3n) is 3.98. The largest absolute Gasteiger partial charge is 0.449 e. The summed E-state index contributed by atoms with van der Waals surface area (Å²) in [6.07, 6.45) is -1.00. The van der Waals surface area contributed by atoms with Gasteiger partial charge in [-0.25, -0.2) is 4.79 Å². The summed E-state index contributed by atoms with van der Waals surface area (Å²) < 4.78 is 5.35. The van der Waals surface area contributed by atoms with E-state index in [0.717, 1.165) is 0 Å². The van der Waals surface area contributed by atoms with Crippen LogP contribution in [0.2, 0.25) is 0 Å². The van der Waals surface area contributed by atoms with Gasteiger partial charge in [-0.3, -0.25) is 9.78 Å². The fraction of sp³-hybridized carbons (Fsp3) is 0.143. The number of carbonyl (C=O) groups excluding carboxylic acids is 2. The number of anilines is 1. The summed E-state index contributed by atoms with van der Waals surface area (Å²) in [5, 5.41) is 12.2. The smallest absolute Gasteiger partial charge is 0.339 e. The molecule has 1 amide bonds. The molecule has 3 rings (SSSR count). The lowest BCUT2D eigenvalue weighted by Crippen LogP contribution is -2.30. The van der Waals surface area contributed by atoms with Crippen LogP contribution in [0.3, 0.4) is 0 Å². The Bertz CT molecular complexity index is 1070. The first kappa shape index (κ1) is 18.1. The second-order valence-corrected chi connectivity index (χ2v) is 6.06. The highest BCUT2D eigenvalue weighted by atomic mass is 16.5. The molecule has 0 fully saturated rings. The number of benzene rings is 2. The second-order valence-electron chi connectivity index (χ2n) is 6.06. The van der Waals surface area contributed by atoms with Crippen LogP contribution in [0.5, 0.6) is 0 Å². The van der Waals surface area contributed by atoms with Gasteiger partial charge in [-0.1, -0.05) is 24.3 Å². The van der Waals surface area contributed by atoms with E-state index in [0.29, 0.717) is 33.4 Å². The lowest BCUT2D eigenvalue weighted by Gasteiger charge is -2.15. The van der Waals surface area contributed by atoms with Crippen LogP contribution in [0.4, 0.5) is 5.69 Å². The van der Waals surface area contributed by atoms with Gasteiger partial charge in [0.1, 0.15) is 0 Å². The maximum atomic E-state index is 12.6. The number of hydrogen-bond acceptors (Lipinski definition) is 5. The van der Waals surface area contributed by atoms with Crippen LogP contribution in [0.1, 0.15) is 28.5 Å². The van der Waals surface area contributed by atoms with Crippen LogP contribution in [0.15, 0.2) is 54.6 Å². The van der Waals surface area contributed by atoms with E-state index in [9.17, 15) is 9.59 Å². The van der Waals surface area contributed by atoms with Crippen molar-refractivity contribution >= 4 is 28.5 Å². The molecule has 1 unspecified atom stereocenters. The average Bonchev–Trinajstić information content (AvgIpc) is 2.67. The Balaban J connectivity index is 1.76. The summed E-state index contributed by atoms with van der Waals surface area (Å²) in [7, 11) is 0. The fourth-order valence-corrected chi connectivity index (χ4v) is 2.66. The third-order valence-corrected chi connectivity index (χ3v) is 3.98. The van der Waals surface area contributed by atoms with Crippen LogP contribution < -0.4 is 5.32 Å². The summed E-state index contributed by atoms with van der Waals surface area (Å²) in [6.45, 7) is 3.29. The normalized spacial score (nSPS) is 11.4. The molecule has 0 saturated heterocycles. The van der Waals surface area contributed by atoms with Gasteiger partial charge in [0, 0.05) is 16.8 Å². The molecule has 6 nitrogen and oxygen atoms in total. The van der Waals surface area contributed by atoms with Gasteiger partial charge < -0.3 is 10.1 Å². The van der Waals surface area contributed by atoms with Gasteiger partial charge in [-0.15, -0.1) is 0 Å². The number of carbonyl (C=O) groups is 2. The van der Waals surface area contributed by atoms with E-state index in [2.05, 4.69) is 10.3 Å². The topological polar surface area (TPSA) is 92.1 Å². The van der Waals surface area contributed by atoms with Crippen molar-refractivity contribution in [2.24, 2.45) is 0 Å². The highest BCUT2D eigenvalue weighted by Crippen LogP contribution is 2.20. The predicted molar refractivity (Wildman–Crippen MR) is 101 cm³/mol. The zero-order valence-electron chi connectivity index (χ0n) is 14.9. The van der Waals surface area contributed by atoms with E-state index < -0.39 is 18.0 Å². The van der Waals surface area contributed by atoms with Gasteiger partial charge in [-0.2, -0.15) is 5.26 Å². The number of nitrogens with one attached hydrogen (secondary N) is 1. The van der Waals surface area contributed by atoms with E-state index in [1.165, 1.54) is 6.92 Å². The average molecular weight is 359 g/mol. The van der Waals surface area contributed by atoms with E-state index in [1.54, 1.807) is 43.3 Å². The van der Waals surface area contributed by atoms with Crippen LogP contribution in [-0.4, -0.2) is 23.0 Å². The van der Waals surface area contributed by atoms with Gasteiger partial charge in [0.2, 0.25) is 0 Å². The first-order valence-electron chi connectivity index (χ1n) is 8.36. The molecular weight excluding hydrogens is 342 g/mol. The molecule has 0 spiro atoms. The number of para-hydroxylation sites is 1. The Morgan fingerprint density at radius 2 is 1.93 bits per heavy atom. The van der Waals surface area contributed by atoms with Crippen LogP contribution >= 0.6 is 0 Å². The Morgan fingerprint density at radius 1 is 1.15 bits per heavy atom. The van der Waals surface area contributed by atoms with Crippen molar-refractivity contribution in [3.05, 3.63) is 71.4 Å². The van der Waals surface area contributed by atoms with Gasteiger partial charge in [-0.05, 0) is 44.2 Å². The van der Waals surface area contributed by atoms with E-state index in [1.807, 2.05) is 24.3 Å². The van der Waals surface area contributed by atoms with E-state index >= 15 is 0 Å². The molecule has 1 atom stereocenters. The number of pyridine rings is 1. The molecule has 3 aromatic rings. The molecule has 0 saturated carbocycles. The van der Waals surface area contributed by atoms with Crippen molar-refractivity contribution in [1.29, 1.82) is 5.26 Å². The minimum absolute atomic E-state index is 0.365. The van der Waals surface area contributed by atoms with Crippen molar-refractivity contribution in [2.45, 2.75) is 20.0 Å². The van der Waals surface area contributed by atoms with Crippen LogP contribution in [0.25, 0.3) is 10.9 Å². The highest BCUT2D eigenvalue weighted by Gasteiger charge is 2.21. The molecule has 1 heterocycles. The molecule has 0 radical (unpaired) electrons. The first-order valence-corrected chi connectivity index (χ1v) is 8.36. The number of hydrogen-bond donors (Lipinski definition) is 1. The Hall–Kier alpha value is -3.72. The van der Waals surface area contributed by atoms with Gasteiger partial charge >= 0.3 is 5.97 Å². The number of rotatable bonds is 4. The number of nitrogens with zero attached hydrogens (tertiary/aromatic N) is 2. The molecule has 0 aliphatic carbocycles. The van der Waals surface area contributed by atoms with Crippen LogP contribution in [0, 0.1) is 18.3 Å². The van der Waals surface area contributed by atoms with Gasteiger partial charge in [0.05, 0.1) is 22.7 Å². The number of nitriles is 1. The van der Waals surface area contributed by atoms with Crippen molar-refractivity contribution in [2.75, 3.05) is 5.32 Å². The monoisotopic (exact) mass is 359 g/mol. The molecule has 1 aromatic heterocycles. The summed E-state index contributed by atoms with van der Waals surface area (Å²) >= 11 is 0. The van der Waals surface area contributed by atoms with Crippen molar-refractivity contribution in [3.8, 4) is 6.07 Å². The summed E-state index contributed by atoms with van der Waals surface area (Å²) in [6, 6.07) is 17.4. The summed E-state index contributed by atoms with van der Waals surface area (Å²) in [4.78, 5) is 29.3. The van der Waals surface area contributed by atoms with Gasteiger partial charge in [0.25, 0.3) is 5.91 Å². The zero-order valence-corrected chi connectivity index (χ0v) is 14.9. The highest BCUT2D eigenvalue weighted by molar-refractivity contribution is 6.05. The predicted octanol–water partition coefficient (Wildman–Crippen LogP) is 3.60. The number of fused-ring (bicyclic) bond motifs is 1. The fourth-order valence-electron chi connectivity index (χ4n) is 2.66. The van der Waals surface area contributed by atoms with Crippen molar-refractivity contribution in [1.82, 2.24) is 4.98 Å². The maximum absolute atomic E-state index is 12.6. The standard InChI is InChI=1S/C21H17N3O3/c1-13-10-18(17-8-3-4-9-19(17)23-13)21(26)27-14(2)20(25)24-16-7-5-6-15(11-16)12-22/h3-11,14H,1-2H3,(H,24,25). The van der Waals surface area contributed by atoms with Crippen molar-refractivity contribution in [3.63, 3.8) is 0 Å². The number of amides is 1. The Morgan fingerprint density at radius 3 is 2.70 bits per heavy atom. The SMILES string of the molecule is Cc1cc(C(=O)OC(C)C(=O)Nc2cccc(C#N)c2)c2ccccc2n1. The van der Waals surface area contributed by atoms with Crippen molar-refractivity contribution < 1.29 is 14.3 Å². The third kappa shape index (κ3) is 4.10. The first-order chi connectivity index (χ1) is 13.0. The van der Waals surface area contributed by atoms with Crippen LogP contribution in [-0.2, 0) is 9.53 Å². The molecule has 6 heteroatoms. The molecule has 2 aromatic carbocycles. The minimum atomic E-state index is -1.00. The molecule has 0 aliphatic rings. The molecule has 0 aliphatic heterocycles. The molecular formula is C21H17N3O3. The second kappa shape index (κ2) is 7.67. The number of aryl methyl sites for hydroxylation is 1. The Kier molecular flexibility index (Phi) is 5.13. The molecule has 1 N–H and O–H groups in total. The number of esters is 1. The lowest BCUT2D eigenvalue weighted by atomic mass is 10.1. The molecule has 134 valence electrons. The minimum Gasteiger partial charge on any atom is -0.449 e. The molecule has 27 heavy (non-hydrogen) atoms. The Labute approximate surface area is 156 Å². The summed E-state index contributed by atoms with van der Waals surface area (Å²) in [5.41, 5.74) is 2.63. The number of aromatic nitrogens is 1. The van der Waals surface area contributed by atoms with Gasteiger partial charge in [0.15, 0.2) is 6.10 Å². The zero-order chi connectivity index (χ0) is 19.4.